The first-order valence-corrected chi connectivity index (χ1v) is 6.76. The van der Waals surface area contributed by atoms with Crippen LogP contribution in [0.25, 0.3) is 0 Å². The summed E-state index contributed by atoms with van der Waals surface area (Å²) in [6.45, 7) is 7.45. The Morgan fingerprint density at radius 3 is 1.79 bits per heavy atom. The minimum Gasteiger partial charge on any atom is -0.298 e. The average molecular weight is 287 g/mol. The molecule has 0 N–H and O–H groups in total. The van der Waals surface area contributed by atoms with Crippen molar-refractivity contribution in [2.75, 3.05) is 5.88 Å². The largest absolute Gasteiger partial charge is 0.298 e. The summed E-state index contributed by atoms with van der Waals surface area (Å²) in [5.74, 6) is -4.04. The number of hydrogen-bond acceptors (Lipinski definition) is 4. The highest BCUT2D eigenvalue weighted by Crippen LogP contribution is 2.41. The summed E-state index contributed by atoms with van der Waals surface area (Å²) in [7, 11) is 0. The summed E-state index contributed by atoms with van der Waals surface area (Å²) < 4.78 is 0. The van der Waals surface area contributed by atoms with Crippen LogP contribution in [0.5, 0.6) is 0 Å². The van der Waals surface area contributed by atoms with Gasteiger partial charge in [0, 0.05) is 11.8 Å². The van der Waals surface area contributed by atoms with Crippen molar-refractivity contribution < 1.29 is 19.2 Å². The molecule has 0 aromatic heterocycles. The molecule has 0 spiro atoms. The van der Waals surface area contributed by atoms with Gasteiger partial charge in [-0.3, -0.25) is 19.2 Å². The van der Waals surface area contributed by atoms with Gasteiger partial charge in [0.15, 0.2) is 23.1 Å². The molecule has 1 unspecified atom stereocenters. The molecule has 19 heavy (non-hydrogen) atoms. The van der Waals surface area contributed by atoms with Crippen molar-refractivity contribution in [3.8, 4) is 0 Å². The quantitative estimate of drug-likeness (QED) is 0.586. The Morgan fingerprint density at radius 2 is 1.47 bits per heavy atom. The monoisotopic (exact) mass is 286 g/mol. The molecule has 0 aromatic carbocycles. The molecule has 4 nitrogen and oxygen atoms in total. The summed E-state index contributed by atoms with van der Waals surface area (Å²) in [6, 6.07) is 0. The molecule has 0 aliphatic heterocycles. The summed E-state index contributed by atoms with van der Waals surface area (Å²) in [5, 5.41) is 0. The van der Waals surface area contributed by atoms with E-state index in [0.29, 0.717) is 0 Å². The van der Waals surface area contributed by atoms with E-state index in [9.17, 15) is 19.2 Å². The molecule has 1 rings (SSSR count). The smallest absolute Gasteiger partial charge is 0.163 e. The van der Waals surface area contributed by atoms with Crippen molar-refractivity contribution in [1.82, 2.24) is 0 Å². The molecule has 0 radical (unpaired) electrons. The highest BCUT2D eigenvalue weighted by atomic mass is 35.5. The van der Waals surface area contributed by atoms with Crippen molar-refractivity contribution in [2.24, 2.45) is 22.7 Å². The predicted octanol–water partition coefficient (Wildman–Crippen LogP) is 1.82. The molecule has 1 saturated carbocycles. The second kappa shape index (κ2) is 4.82. The Bertz CT molecular complexity index is 432. The van der Waals surface area contributed by atoms with Crippen LogP contribution in [-0.2, 0) is 19.2 Å². The second-order valence-electron chi connectivity index (χ2n) is 6.20. The van der Waals surface area contributed by atoms with Crippen LogP contribution in [0.1, 0.15) is 34.6 Å². The van der Waals surface area contributed by atoms with E-state index in [1.165, 1.54) is 27.7 Å². The zero-order chi connectivity index (χ0) is 15.2. The van der Waals surface area contributed by atoms with Gasteiger partial charge < -0.3 is 0 Å². The van der Waals surface area contributed by atoms with E-state index in [4.69, 9.17) is 11.6 Å². The number of carbonyl (C=O) groups is 4. The molecule has 0 heterocycles. The maximum Gasteiger partial charge on any atom is 0.163 e. The van der Waals surface area contributed by atoms with E-state index >= 15 is 0 Å². The van der Waals surface area contributed by atoms with Crippen molar-refractivity contribution >= 4 is 34.7 Å². The molecule has 106 valence electrons. The fourth-order valence-corrected chi connectivity index (χ4v) is 2.62. The lowest BCUT2D eigenvalue weighted by atomic mass is 9.57. The predicted molar refractivity (Wildman–Crippen MR) is 71.0 cm³/mol. The Balaban J connectivity index is 3.33. The number of carbonyl (C=O) groups excluding carboxylic acids is 4. The number of hydrogen-bond donors (Lipinski definition) is 0. The molecule has 0 saturated heterocycles. The topological polar surface area (TPSA) is 68.3 Å². The van der Waals surface area contributed by atoms with Crippen LogP contribution >= 0.6 is 11.6 Å². The third-order valence-electron chi connectivity index (χ3n) is 3.89. The zero-order valence-electron chi connectivity index (χ0n) is 11.9. The highest BCUT2D eigenvalue weighted by molar-refractivity contribution is 6.35. The zero-order valence-corrected chi connectivity index (χ0v) is 12.6. The van der Waals surface area contributed by atoms with Gasteiger partial charge in [-0.25, -0.2) is 0 Å². The number of ketones is 4. The lowest BCUT2D eigenvalue weighted by molar-refractivity contribution is -0.162. The molecule has 0 aromatic rings. The fourth-order valence-electron chi connectivity index (χ4n) is 2.46. The molecule has 1 aliphatic carbocycles. The van der Waals surface area contributed by atoms with E-state index in [0.717, 1.165) is 0 Å². The summed E-state index contributed by atoms with van der Waals surface area (Å²) in [5.41, 5.74) is -2.63. The van der Waals surface area contributed by atoms with Crippen LogP contribution in [0.2, 0.25) is 0 Å². The van der Waals surface area contributed by atoms with Gasteiger partial charge in [0.1, 0.15) is 5.92 Å². The Morgan fingerprint density at radius 1 is 1.11 bits per heavy atom. The van der Waals surface area contributed by atoms with Gasteiger partial charge in [0.25, 0.3) is 0 Å². The summed E-state index contributed by atoms with van der Waals surface area (Å²) in [4.78, 5) is 49.0. The molecule has 1 atom stereocenters. The van der Waals surface area contributed by atoms with Crippen molar-refractivity contribution in [2.45, 2.75) is 34.6 Å². The Kier molecular flexibility index (Phi) is 4.06. The van der Waals surface area contributed by atoms with E-state index < -0.39 is 45.8 Å². The van der Waals surface area contributed by atoms with Crippen LogP contribution in [0.4, 0.5) is 0 Å². The van der Waals surface area contributed by atoms with Gasteiger partial charge in [-0.2, -0.15) is 0 Å². The number of halogens is 1. The lowest BCUT2D eigenvalue weighted by Crippen LogP contribution is -2.59. The molecular formula is C14H19ClO4. The van der Waals surface area contributed by atoms with Crippen LogP contribution in [-0.4, -0.2) is 29.0 Å². The molecule has 5 heteroatoms. The van der Waals surface area contributed by atoms with Gasteiger partial charge in [0.05, 0.1) is 10.8 Å². The first-order chi connectivity index (χ1) is 8.49. The normalized spacial score (nSPS) is 24.4. The minimum atomic E-state index is -1.36. The molecule has 0 bridgehead atoms. The molecular weight excluding hydrogens is 268 g/mol. The summed E-state index contributed by atoms with van der Waals surface area (Å²) >= 11 is 5.62. The van der Waals surface area contributed by atoms with Gasteiger partial charge in [-0.1, -0.05) is 6.92 Å². The second-order valence-corrected chi connectivity index (χ2v) is 6.51. The number of Topliss-reactive ketones (excluding diaryl/α,β-unsaturated/α-hetero) is 4. The van der Waals surface area contributed by atoms with Gasteiger partial charge in [-0.15, -0.1) is 11.6 Å². The molecule has 1 aliphatic rings. The Labute approximate surface area is 117 Å². The van der Waals surface area contributed by atoms with Gasteiger partial charge in [0.2, 0.25) is 0 Å². The van der Waals surface area contributed by atoms with Crippen LogP contribution in [0, 0.1) is 22.7 Å². The SMILES string of the molecule is CC(CCl)C(=O)C1C(=O)C(C)(C)C(=O)C(C)(C)C1=O. The maximum atomic E-state index is 12.3. The van der Waals surface area contributed by atoms with E-state index in [2.05, 4.69) is 0 Å². The van der Waals surface area contributed by atoms with Crippen molar-refractivity contribution in [3.05, 3.63) is 0 Å². The van der Waals surface area contributed by atoms with E-state index in [-0.39, 0.29) is 5.88 Å². The first-order valence-electron chi connectivity index (χ1n) is 6.22. The fraction of sp³-hybridized carbons (Fsp3) is 0.714. The standard InChI is InChI=1S/C14H19ClO4/c1-7(6-15)9(16)8-10(17)13(2,3)12(19)14(4,5)11(8)18/h7-8H,6H2,1-5H3. The van der Waals surface area contributed by atoms with Crippen LogP contribution in [0.15, 0.2) is 0 Å². The Hall–Kier alpha value is -1.03. The third-order valence-corrected chi connectivity index (χ3v) is 4.36. The number of alkyl halides is 1. The van der Waals surface area contributed by atoms with Crippen LogP contribution in [0.3, 0.4) is 0 Å². The van der Waals surface area contributed by atoms with Crippen LogP contribution < -0.4 is 0 Å². The average Bonchev–Trinajstić information content (AvgIpc) is 2.34. The first kappa shape index (κ1) is 16.0. The van der Waals surface area contributed by atoms with Crippen molar-refractivity contribution in [3.63, 3.8) is 0 Å². The maximum absolute atomic E-state index is 12.3. The van der Waals surface area contributed by atoms with E-state index in [1.54, 1.807) is 6.92 Å². The third kappa shape index (κ3) is 2.27. The lowest BCUT2D eigenvalue weighted by Gasteiger charge is -2.40. The summed E-state index contributed by atoms with van der Waals surface area (Å²) in [6.07, 6.45) is 0. The number of rotatable bonds is 3. The van der Waals surface area contributed by atoms with Gasteiger partial charge in [-0.05, 0) is 27.7 Å². The van der Waals surface area contributed by atoms with Gasteiger partial charge >= 0.3 is 0 Å². The van der Waals surface area contributed by atoms with E-state index in [1.807, 2.05) is 0 Å². The minimum absolute atomic E-state index is 0.0463. The molecule has 1 fully saturated rings. The highest BCUT2D eigenvalue weighted by Gasteiger charge is 2.60. The van der Waals surface area contributed by atoms with Crippen molar-refractivity contribution in [1.29, 1.82) is 0 Å². The molecule has 0 amide bonds.